The van der Waals surface area contributed by atoms with Crippen molar-refractivity contribution in [1.29, 1.82) is 0 Å². The number of hydrogen-bond acceptors (Lipinski definition) is 5. The van der Waals surface area contributed by atoms with Gasteiger partial charge in [-0.15, -0.1) is 0 Å². The van der Waals surface area contributed by atoms with E-state index < -0.39 is 16.1 Å². The molecule has 0 bridgehead atoms. The molecule has 0 fully saturated rings. The Labute approximate surface area is 184 Å². The van der Waals surface area contributed by atoms with E-state index in [2.05, 4.69) is 4.72 Å². The van der Waals surface area contributed by atoms with Gasteiger partial charge >= 0.3 is 0 Å². The van der Waals surface area contributed by atoms with Crippen LogP contribution in [0.5, 0.6) is 5.75 Å². The van der Waals surface area contributed by atoms with Crippen LogP contribution in [-0.4, -0.2) is 57.5 Å². The molecule has 1 N–H and O–H groups in total. The molecule has 0 saturated carbocycles. The van der Waals surface area contributed by atoms with Crippen LogP contribution in [0.15, 0.2) is 53.4 Å². The molecule has 2 aromatic carbocycles. The molecule has 8 heteroatoms. The number of rotatable bonds is 11. The molecule has 1 amide bonds. The maximum atomic E-state index is 13.0. The number of carbonyl (C=O) groups is 1. The number of carbonyl (C=O) groups excluding carboxylic acids is 1. The molecule has 30 heavy (non-hydrogen) atoms. The molecule has 2 rings (SSSR count). The highest BCUT2D eigenvalue weighted by molar-refractivity contribution is 7.98. The highest BCUT2D eigenvalue weighted by atomic mass is 32.2. The first-order chi connectivity index (χ1) is 14.2. The third-order valence-electron chi connectivity index (χ3n) is 4.69. The van der Waals surface area contributed by atoms with E-state index in [0.29, 0.717) is 25.3 Å². The number of aryl methyl sites for hydroxylation is 2. The lowest BCUT2D eigenvalue weighted by molar-refractivity contribution is -0.132. The summed E-state index contributed by atoms with van der Waals surface area (Å²) < 4.78 is 33.9. The molecule has 0 aliphatic carbocycles. The first-order valence-corrected chi connectivity index (χ1v) is 12.6. The summed E-state index contributed by atoms with van der Waals surface area (Å²) in [7, 11) is -2.13. The number of nitrogens with one attached hydrogen (secondary N) is 1. The number of likely N-dealkylation sites (N-methyl/N-ethyl adjacent to an activating group) is 1. The quantitative estimate of drug-likeness (QED) is 0.569. The summed E-state index contributed by atoms with van der Waals surface area (Å²) in [5.41, 5.74) is 1.99. The molecule has 1 atom stereocenters. The minimum absolute atomic E-state index is 0.153. The average molecular weight is 451 g/mol. The summed E-state index contributed by atoms with van der Waals surface area (Å²) in [6.07, 6.45) is 2.34. The molecular weight excluding hydrogens is 420 g/mol. The van der Waals surface area contributed by atoms with Crippen LogP contribution >= 0.6 is 11.8 Å². The second-order valence-electron chi connectivity index (χ2n) is 7.14. The van der Waals surface area contributed by atoms with Crippen molar-refractivity contribution in [3.05, 3.63) is 59.7 Å². The van der Waals surface area contributed by atoms with Crippen LogP contribution in [0.4, 0.5) is 0 Å². The molecule has 0 heterocycles. The van der Waals surface area contributed by atoms with Crippen LogP contribution in [-0.2, 0) is 14.8 Å². The largest absolute Gasteiger partial charge is 0.491 e. The lowest BCUT2D eigenvalue weighted by Crippen LogP contribution is -2.48. The normalized spacial score (nSPS) is 12.4. The Morgan fingerprint density at radius 1 is 1.13 bits per heavy atom. The zero-order chi connectivity index (χ0) is 22.1. The molecule has 0 spiro atoms. The monoisotopic (exact) mass is 450 g/mol. The summed E-state index contributed by atoms with van der Waals surface area (Å²) in [5, 5.41) is 0. The fraction of sp³-hybridized carbons (Fsp3) is 0.409. The van der Waals surface area contributed by atoms with Gasteiger partial charge in [-0.05, 0) is 56.0 Å². The predicted octanol–water partition coefficient (Wildman–Crippen LogP) is 3.24. The van der Waals surface area contributed by atoms with Gasteiger partial charge in [0, 0.05) is 7.05 Å². The Kier molecular flexibility index (Phi) is 9.20. The van der Waals surface area contributed by atoms with Crippen molar-refractivity contribution in [3.63, 3.8) is 0 Å². The molecule has 0 aliphatic heterocycles. The van der Waals surface area contributed by atoms with Crippen molar-refractivity contribution in [3.8, 4) is 5.75 Å². The topological polar surface area (TPSA) is 75.7 Å². The zero-order valence-corrected chi connectivity index (χ0v) is 19.6. The average Bonchev–Trinajstić information content (AvgIpc) is 2.72. The number of benzene rings is 2. The lowest BCUT2D eigenvalue weighted by atomic mass is 10.2. The molecular formula is C22H30N2O4S2. The minimum atomic E-state index is -3.79. The van der Waals surface area contributed by atoms with Gasteiger partial charge in [-0.1, -0.05) is 35.9 Å². The van der Waals surface area contributed by atoms with E-state index in [1.807, 2.05) is 44.4 Å². The van der Waals surface area contributed by atoms with E-state index in [1.165, 1.54) is 4.90 Å². The van der Waals surface area contributed by atoms with Crippen molar-refractivity contribution >= 4 is 27.7 Å². The molecule has 0 aliphatic rings. The number of amides is 1. The first-order valence-electron chi connectivity index (χ1n) is 9.76. The van der Waals surface area contributed by atoms with Gasteiger partial charge in [0.05, 0.1) is 11.4 Å². The van der Waals surface area contributed by atoms with E-state index in [0.717, 1.165) is 16.9 Å². The Balaban J connectivity index is 2.02. The third-order valence-corrected chi connectivity index (χ3v) is 6.82. The SMILES string of the molecule is CSCCC(NS(=O)(=O)c1ccc(C)cc1)C(=O)N(C)CCOc1ccccc1C. The predicted molar refractivity (Wildman–Crippen MR) is 123 cm³/mol. The van der Waals surface area contributed by atoms with Crippen LogP contribution in [0.1, 0.15) is 17.5 Å². The number of para-hydroxylation sites is 1. The van der Waals surface area contributed by atoms with Gasteiger partial charge in [-0.3, -0.25) is 4.79 Å². The fourth-order valence-electron chi connectivity index (χ4n) is 2.83. The Bertz CT molecular complexity index is 930. The Morgan fingerprint density at radius 3 is 2.43 bits per heavy atom. The maximum absolute atomic E-state index is 13.0. The van der Waals surface area contributed by atoms with E-state index in [1.54, 1.807) is 43.1 Å². The van der Waals surface area contributed by atoms with Gasteiger partial charge in [-0.25, -0.2) is 8.42 Å². The van der Waals surface area contributed by atoms with Crippen molar-refractivity contribution in [2.75, 3.05) is 32.2 Å². The maximum Gasteiger partial charge on any atom is 0.241 e. The van der Waals surface area contributed by atoms with Crippen molar-refractivity contribution in [2.24, 2.45) is 0 Å². The lowest BCUT2D eigenvalue weighted by Gasteiger charge is -2.24. The summed E-state index contributed by atoms with van der Waals surface area (Å²) in [5.74, 6) is 1.17. The smallest absolute Gasteiger partial charge is 0.241 e. The minimum Gasteiger partial charge on any atom is -0.491 e. The third kappa shape index (κ3) is 7.04. The Morgan fingerprint density at radius 2 is 1.80 bits per heavy atom. The molecule has 2 aromatic rings. The molecule has 0 saturated heterocycles. The van der Waals surface area contributed by atoms with E-state index in [4.69, 9.17) is 4.74 Å². The summed E-state index contributed by atoms with van der Waals surface area (Å²) in [6.45, 7) is 4.54. The molecule has 1 unspecified atom stereocenters. The molecule has 6 nitrogen and oxygen atoms in total. The van der Waals surface area contributed by atoms with Gasteiger partial charge in [0.1, 0.15) is 18.4 Å². The fourth-order valence-corrected chi connectivity index (χ4v) is 4.52. The van der Waals surface area contributed by atoms with E-state index in [-0.39, 0.29) is 10.8 Å². The second-order valence-corrected chi connectivity index (χ2v) is 9.84. The number of nitrogens with zero attached hydrogens (tertiary/aromatic N) is 1. The van der Waals surface area contributed by atoms with Crippen LogP contribution in [0.2, 0.25) is 0 Å². The van der Waals surface area contributed by atoms with Gasteiger partial charge in [0.15, 0.2) is 0 Å². The zero-order valence-electron chi connectivity index (χ0n) is 17.9. The van der Waals surface area contributed by atoms with Crippen molar-refractivity contribution in [1.82, 2.24) is 9.62 Å². The van der Waals surface area contributed by atoms with Gasteiger partial charge < -0.3 is 9.64 Å². The van der Waals surface area contributed by atoms with Gasteiger partial charge in [0.25, 0.3) is 0 Å². The van der Waals surface area contributed by atoms with Crippen molar-refractivity contribution in [2.45, 2.75) is 31.2 Å². The number of thioether (sulfide) groups is 1. The number of hydrogen-bond donors (Lipinski definition) is 1. The molecule has 0 radical (unpaired) electrons. The molecule has 0 aromatic heterocycles. The van der Waals surface area contributed by atoms with Crippen LogP contribution < -0.4 is 9.46 Å². The molecule has 164 valence electrons. The van der Waals surface area contributed by atoms with Crippen LogP contribution in [0, 0.1) is 13.8 Å². The summed E-state index contributed by atoms with van der Waals surface area (Å²) >= 11 is 1.57. The van der Waals surface area contributed by atoms with E-state index in [9.17, 15) is 13.2 Å². The van der Waals surface area contributed by atoms with Crippen LogP contribution in [0.25, 0.3) is 0 Å². The van der Waals surface area contributed by atoms with Crippen LogP contribution in [0.3, 0.4) is 0 Å². The summed E-state index contributed by atoms with van der Waals surface area (Å²) in [4.78, 5) is 14.6. The van der Waals surface area contributed by atoms with Gasteiger partial charge in [-0.2, -0.15) is 16.5 Å². The number of ether oxygens (including phenoxy) is 1. The second kappa shape index (κ2) is 11.4. The van der Waals surface area contributed by atoms with Gasteiger partial charge in [0.2, 0.25) is 15.9 Å². The first kappa shape index (κ1) is 24.2. The number of sulfonamides is 1. The Hall–Kier alpha value is -2.03. The standard InChI is InChI=1S/C22H30N2O4S2/c1-17-9-11-19(12-10-17)30(26,27)23-20(13-16-29-4)22(25)24(3)14-15-28-21-8-6-5-7-18(21)2/h5-12,20,23H,13-16H2,1-4H3. The van der Waals surface area contributed by atoms with E-state index >= 15 is 0 Å². The summed E-state index contributed by atoms with van der Waals surface area (Å²) in [6, 6.07) is 13.4. The van der Waals surface area contributed by atoms with Crippen molar-refractivity contribution < 1.29 is 17.9 Å². The highest BCUT2D eigenvalue weighted by Crippen LogP contribution is 2.16. The highest BCUT2D eigenvalue weighted by Gasteiger charge is 2.27.